The second-order valence-corrected chi connectivity index (χ2v) is 6.91. The van der Waals surface area contributed by atoms with Gasteiger partial charge in [-0.25, -0.2) is 0 Å². The van der Waals surface area contributed by atoms with E-state index in [4.69, 9.17) is 5.73 Å². The Balaban J connectivity index is 1.82. The molecule has 0 radical (unpaired) electrons. The lowest BCUT2D eigenvalue weighted by Gasteiger charge is -2.46. The Kier molecular flexibility index (Phi) is 5.23. The van der Waals surface area contributed by atoms with Crippen LogP contribution in [0.5, 0.6) is 0 Å². The maximum Gasteiger partial charge on any atom is 0.0335 e. The van der Waals surface area contributed by atoms with Gasteiger partial charge in [0, 0.05) is 51.4 Å². The van der Waals surface area contributed by atoms with E-state index in [1.54, 1.807) is 0 Å². The predicted molar refractivity (Wildman–Crippen MR) is 81.4 cm³/mol. The molecule has 1 saturated carbocycles. The molecular formula is C15H32N4. The molecule has 0 amide bonds. The number of likely N-dealkylation sites (N-methyl/N-ethyl adjacent to an activating group) is 1. The summed E-state index contributed by atoms with van der Waals surface area (Å²) in [5.41, 5.74) is 6.46. The van der Waals surface area contributed by atoms with Crippen molar-refractivity contribution in [2.24, 2.45) is 11.7 Å². The van der Waals surface area contributed by atoms with Crippen LogP contribution in [0.25, 0.3) is 0 Å². The summed E-state index contributed by atoms with van der Waals surface area (Å²) >= 11 is 0. The molecule has 1 aliphatic carbocycles. The molecule has 4 heteroatoms. The number of rotatable bonds is 5. The first kappa shape index (κ1) is 15.2. The Labute approximate surface area is 118 Å². The maximum atomic E-state index is 6.13. The number of nitrogens with zero attached hydrogens (tertiary/aromatic N) is 3. The van der Waals surface area contributed by atoms with E-state index in [1.165, 1.54) is 58.5 Å². The first-order chi connectivity index (χ1) is 9.05. The number of hydrogen-bond acceptors (Lipinski definition) is 4. The van der Waals surface area contributed by atoms with Gasteiger partial charge in [-0.2, -0.15) is 0 Å². The zero-order valence-corrected chi connectivity index (χ0v) is 13.1. The van der Waals surface area contributed by atoms with Gasteiger partial charge in [-0.1, -0.05) is 6.92 Å². The minimum absolute atomic E-state index is 0.326. The van der Waals surface area contributed by atoms with E-state index in [1.807, 2.05) is 0 Å². The monoisotopic (exact) mass is 268 g/mol. The molecule has 0 bridgehead atoms. The minimum Gasteiger partial charge on any atom is -0.329 e. The Morgan fingerprint density at radius 2 is 1.89 bits per heavy atom. The van der Waals surface area contributed by atoms with Crippen LogP contribution < -0.4 is 5.73 Å². The Morgan fingerprint density at radius 3 is 2.37 bits per heavy atom. The highest BCUT2D eigenvalue weighted by molar-refractivity contribution is 4.99. The highest BCUT2D eigenvalue weighted by atomic mass is 15.3. The van der Waals surface area contributed by atoms with Gasteiger partial charge in [-0.15, -0.1) is 0 Å². The summed E-state index contributed by atoms with van der Waals surface area (Å²) in [7, 11) is 4.30. The van der Waals surface area contributed by atoms with Crippen LogP contribution in [0.2, 0.25) is 0 Å². The van der Waals surface area contributed by atoms with Crippen molar-refractivity contribution in [1.82, 2.24) is 14.7 Å². The molecule has 1 heterocycles. The average molecular weight is 268 g/mol. The fourth-order valence-electron chi connectivity index (χ4n) is 3.76. The average Bonchev–Trinajstić information content (AvgIpc) is 2.80. The Morgan fingerprint density at radius 1 is 1.21 bits per heavy atom. The number of hydrogen-bond donors (Lipinski definition) is 1. The van der Waals surface area contributed by atoms with Crippen LogP contribution in [-0.4, -0.2) is 80.1 Å². The molecule has 2 fully saturated rings. The zero-order valence-electron chi connectivity index (χ0n) is 13.1. The van der Waals surface area contributed by atoms with E-state index in [0.29, 0.717) is 5.54 Å². The fourth-order valence-corrected chi connectivity index (χ4v) is 3.76. The van der Waals surface area contributed by atoms with Crippen molar-refractivity contribution in [3.63, 3.8) is 0 Å². The SMILES string of the molecule is CC1CCC(CN)(N2CCN(CCN(C)C)CC2)C1. The molecule has 2 atom stereocenters. The minimum atomic E-state index is 0.326. The van der Waals surface area contributed by atoms with Gasteiger partial charge in [0.25, 0.3) is 0 Å². The van der Waals surface area contributed by atoms with Crippen molar-refractivity contribution in [1.29, 1.82) is 0 Å². The van der Waals surface area contributed by atoms with Crippen LogP contribution in [0.1, 0.15) is 26.2 Å². The van der Waals surface area contributed by atoms with Crippen molar-refractivity contribution in [2.45, 2.75) is 31.7 Å². The van der Waals surface area contributed by atoms with Gasteiger partial charge in [0.15, 0.2) is 0 Å². The standard InChI is InChI=1S/C15H32N4/c1-14-4-5-15(12-14,13-16)19-10-8-18(9-11-19)7-6-17(2)3/h14H,4-13,16H2,1-3H3. The van der Waals surface area contributed by atoms with E-state index in [-0.39, 0.29) is 0 Å². The maximum absolute atomic E-state index is 6.13. The van der Waals surface area contributed by atoms with Crippen LogP contribution in [0.15, 0.2) is 0 Å². The van der Waals surface area contributed by atoms with Gasteiger partial charge < -0.3 is 10.6 Å². The molecule has 0 aromatic heterocycles. The lowest BCUT2D eigenvalue weighted by Crippen LogP contribution is -2.59. The van der Waals surface area contributed by atoms with Crippen molar-refractivity contribution in [3.8, 4) is 0 Å². The van der Waals surface area contributed by atoms with Crippen LogP contribution in [-0.2, 0) is 0 Å². The third kappa shape index (κ3) is 3.69. The van der Waals surface area contributed by atoms with E-state index >= 15 is 0 Å². The van der Waals surface area contributed by atoms with E-state index in [9.17, 15) is 0 Å². The molecule has 112 valence electrons. The van der Waals surface area contributed by atoms with Crippen molar-refractivity contribution in [2.75, 3.05) is 59.9 Å². The lowest BCUT2D eigenvalue weighted by molar-refractivity contribution is 0.0359. The second-order valence-electron chi connectivity index (χ2n) is 6.91. The predicted octanol–water partition coefficient (Wildman–Crippen LogP) is 0.683. The molecule has 2 N–H and O–H groups in total. The van der Waals surface area contributed by atoms with E-state index in [2.05, 4.69) is 35.7 Å². The molecule has 0 spiro atoms. The summed E-state index contributed by atoms with van der Waals surface area (Å²) in [6, 6.07) is 0. The molecular weight excluding hydrogens is 236 g/mol. The third-order valence-electron chi connectivity index (χ3n) is 5.12. The molecule has 1 aliphatic heterocycles. The summed E-state index contributed by atoms with van der Waals surface area (Å²) in [5, 5.41) is 0. The van der Waals surface area contributed by atoms with Gasteiger partial charge in [-0.05, 0) is 39.3 Å². The topological polar surface area (TPSA) is 35.7 Å². The van der Waals surface area contributed by atoms with Crippen LogP contribution in [0.3, 0.4) is 0 Å². The van der Waals surface area contributed by atoms with Crippen molar-refractivity contribution < 1.29 is 0 Å². The van der Waals surface area contributed by atoms with Crippen LogP contribution in [0.4, 0.5) is 0 Å². The normalized spacial score (nSPS) is 34.3. The fraction of sp³-hybridized carbons (Fsp3) is 1.00. The number of piperazine rings is 1. The van der Waals surface area contributed by atoms with E-state index < -0.39 is 0 Å². The highest BCUT2D eigenvalue weighted by Crippen LogP contribution is 2.38. The van der Waals surface area contributed by atoms with Crippen LogP contribution >= 0.6 is 0 Å². The highest BCUT2D eigenvalue weighted by Gasteiger charge is 2.42. The number of nitrogens with two attached hydrogens (primary N) is 1. The summed E-state index contributed by atoms with van der Waals surface area (Å²) in [4.78, 5) is 7.56. The van der Waals surface area contributed by atoms with Crippen molar-refractivity contribution in [3.05, 3.63) is 0 Å². The molecule has 1 saturated heterocycles. The molecule has 0 aromatic rings. The quantitative estimate of drug-likeness (QED) is 0.795. The summed E-state index contributed by atoms with van der Waals surface area (Å²) in [6.07, 6.45) is 3.97. The second kappa shape index (κ2) is 6.53. The third-order valence-corrected chi connectivity index (χ3v) is 5.12. The summed E-state index contributed by atoms with van der Waals surface area (Å²) in [5.74, 6) is 0.857. The molecule has 19 heavy (non-hydrogen) atoms. The molecule has 2 rings (SSSR count). The van der Waals surface area contributed by atoms with Crippen molar-refractivity contribution >= 4 is 0 Å². The Bertz CT molecular complexity index is 273. The molecule has 2 unspecified atom stereocenters. The van der Waals surface area contributed by atoms with Crippen LogP contribution in [0, 0.1) is 5.92 Å². The lowest BCUT2D eigenvalue weighted by atomic mass is 9.93. The van der Waals surface area contributed by atoms with Gasteiger partial charge in [-0.3, -0.25) is 9.80 Å². The van der Waals surface area contributed by atoms with Gasteiger partial charge >= 0.3 is 0 Å². The molecule has 2 aliphatic rings. The van der Waals surface area contributed by atoms with E-state index in [0.717, 1.165) is 12.5 Å². The zero-order chi connectivity index (χ0) is 13.9. The van der Waals surface area contributed by atoms with Gasteiger partial charge in [0.05, 0.1) is 0 Å². The summed E-state index contributed by atoms with van der Waals surface area (Å²) < 4.78 is 0. The molecule has 4 nitrogen and oxygen atoms in total. The summed E-state index contributed by atoms with van der Waals surface area (Å²) in [6.45, 7) is 10.4. The Hall–Kier alpha value is -0.160. The molecule has 0 aromatic carbocycles. The smallest absolute Gasteiger partial charge is 0.0335 e. The van der Waals surface area contributed by atoms with Gasteiger partial charge in [0.2, 0.25) is 0 Å². The first-order valence-electron chi connectivity index (χ1n) is 7.88. The van der Waals surface area contributed by atoms with Gasteiger partial charge in [0.1, 0.15) is 0 Å². The first-order valence-corrected chi connectivity index (χ1v) is 7.88. The largest absolute Gasteiger partial charge is 0.329 e.